The van der Waals surface area contributed by atoms with Gasteiger partial charge in [-0.25, -0.2) is 17.6 Å². The van der Waals surface area contributed by atoms with Crippen LogP contribution in [0.25, 0.3) is 0 Å². The molecule has 1 aromatic carbocycles. The van der Waals surface area contributed by atoms with Crippen molar-refractivity contribution in [2.24, 2.45) is 0 Å². The Hall–Kier alpha value is -1.14. The van der Waals surface area contributed by atoms with Gasteiger partial charge in [-0.15, -0.1) is 0 Å². The first kappa shape index (κ1) is 11.3. The zero-order chi connectivity index (χ0) is 11.7. The van der Waals surface area contributed by atoms with Gasteiger partial charge in [0.1, 0.15) is 0 Å². The second-order valence-electron chi connectivity index (χ2n) is 3.59. The molecule has 1 atom stereocenters. The van der Waals surface area contributed by atoms with Crippen LogP contribution in [0, 0.1) is 23.3 Å². The molecule has 6 heteroatoms. The Morgan fingerprint density at radius 3 is 2.12 bits per heavy atom. The first-order valence-corrected chi connectivity index (χ1v) is 4.88. The standard InChI is InChI=1S/C10H10F4N2/c11-5-3-6(12)10(14)8(9(5)13)7-4-15-1-2-16-7/h3,7,15-16H,1-2,4H2/t7-/m1/s1. The molecule has 0 aliphatic carbocycles. The van der Waals surface area contributed by atoms with Crippen LogP contribution in [0.5, 0.6) is 0 Å². The molecule has 2 rings (SSSR count). The fourth-order valence-corrected chi connectivity index (χ4v) is 1.76. The number of piperazine rings is 1. The van der Waals surface area contributed by atoms with Crippen molar-refractivity contribution >= 4 is 0 Å². The first-order chi connectivity index (χ1) is 7.61. The number of hydrogen-bond acceptors (Lipinski definition) is 2. The van der Waals surface area contributed by atoms with Crippen molar-refractivity contribution in [1.82, 2.24) is 10.6 Å². The van der Waals surface area contributed by atoms with E-state index in [9.17, 15) is 17.6 Å². The first-order valence-electron chi connectivity index (χ1n) is 4.88. The van der Waals surface area contributed by atoms with E-state index in [-0.39, 0.29) is 12.6 Å². The number of rotatable bonds is 1. The normalized spacial score (nSPS) is 21.1. The van der Waals surface area contributed by atoms with Crippen LogP contribution >= 0.6 is 0 Å². The van der Waals surface area contributed by atoms with Gasteiger partial charge in [0.2, 0.25) is 0 Å². The molecule has 1 aromatic rings. The molecule has 1 aliphatic heterocycles. The molecule has 2 N–H and O–H groups in total. The van der Waals surface area contributed by atoms with Crippen molar-refractivity contribution in [3.05, 3.63) is 34.9 Å². The summed E-state index contributed by atoms with van der Waals surface area (Å²) in [6, 6.07) is -0.538. The van der Waals surface area contributed by atoms with E-state index in [1.165, 1.54) is 0 Å². The summed E-state index contributed by atoms with van der Waals surface area (Å²) in [5.41, 5.74) is -0.579. The van der Waals surface area contributed by atoms with E-state index in [4.69, 9.17) is 0 Å². The number of halogens is 4. The van der Waals surface area contributed by atoms with E-state index < -0.39 is 34.9 Å². The van der Waals surface area contributed by atoms with Gasteiger partial charge in [-0.1, -0.05) is 0 Å². The van der Waals surface area contributed by atoms with Crippen LogP contribution in [0.4, 0.5) is 17.6 Å². The Morgan fingerprint density at radius 1 is 1.00 bits per heavy atom. The topological polar surface area (TPSA) is 24.1 Å². The summed E-state index contributed by atoms with van der Waals surface area (Å²) in [4.78, 5) is 0. The van der Waals surface area contributed by atoms with Crippen molar-refractivity contribution in [1.29, 1.82) is 0 Å². The lowest BCUT2D eigenvalue weighted by molar-refractivity contribution is 0.374. The fourth-order valence-electron chi connectivity index (χ4n) is 1.76. The molecule has 0 radical (unpaired) electrons. The lowest BCUT2D eigenvalue weighted by Gasteiger charge is -2.25. The smallest absolute Gasteiger partial charge is 0.166 e. The second kappa shape index (κ2) is 4.39. The third kappa shape index (κ3) is 1.90. The summed E-state index contributed by atoms with van der Waals surface area (Å²) in [6.45, 7) is 1.37. The maximum absolute atomic E-state index is 13.4. The third-order valence-electron chi connectivity index (χ3n) is 2.54. The van der Waals surface area contributed by atoms with E-state index in [0.29, 0.717) is 13.1 Å². The quantitative estimate of drug-likeness (QED) is 0.568. The molecule has 2 nitrogen and oxygen atoms in total. The molecule has 0 bridgehead atoms. The Kier molecular flexibility index (Phi) is 3.11. The maximum Gasteiger partial charge on any atom is 0.166 e. The van der Waals surface area contributed by atoms with Gasteiger partial charge < -0.3 is 10.6 Å². The average Bonchev–Trinajstić information content (AvgIpc) is 2.28. The van der Waals surface area contributed by atoms with Gasteiger partial charge in [-0.3, -0.25) is 0 Å². The Balaban J connectivity index is 2.45. The van der Waals surface area contributed by atoms with E-state index >= 15 is 0 Å². The molecule has 0 spiro atoms. The van der Waals surface area contributed by atoms with Crippen LogP contribution in [0.3, 0.4) is 0 Å². The van der Waals surface area contributed by atoms with Gasteiger partial charge in [-0.2, -0.15) is 0 Å². The zero-order valence-electron chi connectivity index (χ0n) is 8.29. The minimum absolute atomic E-state index is 0.213. The summed E-state index contributed by atoms with van der Waals surface area (Å²) in [6.07, 6.45) is 0. The summed E-state index contributed by atoms with van der Waals surface area (Å²) in [5.74, 6) is -5.41. The molecule has 1 aliphatic rings. The average molecular weight is 234 g/mol. The Labute approximate surface area is 89.6 Å². The zero-order valence-corrected chi connectivity index (χ0v) is 8.29. The van der Waals surface area contributed by atoms with Gasteiger partial charge in [-0.05, 0) is 0 Å². The monoisotopic (exact) mass is 234 g/mol. The van der Waals surface area contributed by atoms with Gasteiger partial charge in [0.05, 0.1) is 6.04 Å². The Bertz CT molecular complexity index is 376. The van der Waals surface area contributed by atoms with Gasteiger partial charge in [0.25, 0.3) is 0 Å². The van der Waals surface area contributed by atoms with Gasteiger partial charge >= 0.3 is 0 Å². The molecular formula is C10H10F4N2. The Morgan fingerprint density at radius 2 is 1.62 bits per heavy atom. The molecular weight excluding hydrogens is 224 g/mol. The predicted octanol–water partition coefficient (Wildman–Crippen LogP) is 1.48. The van der Waals surface area contributed by atoms with Crippen LogP contribution in [-0.2, 0) is 0 Å². The molecule has 88 valence electrons. The van der Waals surface area contributed by atoms with E-state index in [2.05, 4.69) is 10.6 Å². The summed E-state index contributed by atoms with van der Waals surface area (Å²) >= 11 is 0. The summed E-state index contributed by atoms with van der Waals surface area (Å²) < 4.78 is 52.6. The molecule has 1 fully saturated rings. The highest BCUT2D eigenvalue weighted by Gasteiger charge is 2.26. The SMILES string of the molecule is Fc1cc(F)c(F)c([C@H]2CNCCN2)c1F. The summed E-state index contributed by atoms with van der Waals surface area (Å²) in [7, 11) is 0. The third-order valence-corrected chi connectivity index (χ3v) is 2.54. The van der Waals surface area contributed by atoms with Gasteiger partial charge in [0, 0.05) is 31.3 Å². The summed E-state index contributed by atoms with van der Waals surface area (Å²) in [5, 5.41) is 5.68. The lowest BCUT2D eigenvalue weighted by Crippen LogP contribution is -2.43. The highest BCUT2D eigenvalue weighted by molar-refractivity contribution is 5.26. The van der Waals surface area contributed by atoms with Crippen molar-refractivity contribution in [2.45, 2.75) is 6.04 Å². The number of benzene rings is 1. The molecule has 0 saturated carbocycles. The van der Waals surface area contributed by atoms with E-state index in [1.807, 2.05) is 0 Å². The molecule has 0 amide bonds. The largest absolute Gasteiger partial charge is 0.314 e. The fraction of sp³-hybridized carbons (Fsp3) is 0.400. The molecule has 16 heavy (non-hydrogen) atoms. The minimum Gasteiger partial charge on any atom is -0.314 e. The molecule has 0 aromatic heterocycles. The lowest BCUT2D eigenvalue weighted by atomic mass is 10.0. The van der Waals surface area contributed by atoms with Crippen LogP contribution in [0.1, 0.15) is 11.6 Å². The highest BCUT2D eigenvalue weighted by Crippen LogP contribution is 2.25. The minimum atomic E-state index is -1.37. The van der Waals surface area contributed by atoms with E-state index in [0.717, 1.165) is 0 Å². The van der Waals surface area contributed by atoms with Crippen LogP contribution in [-0.4, -0.2) is 19.6 Å². The molecule has 1 saturated heterocycles. The van der Waals surface area contributed by atoms with Crippen LogP contribution in [0.2, 0.25) is 0 Å². The second-order valence-corrected chi connectivity index (χ2v) is 3.59. The van der Waals surface area contributed by atoms with E-state index in [1.54, 1.807) is 0 Å². The van der Waals surface area contributed by atoms with Crippen LogP contribution in [0.15, 0.2) is 6.07 Å². The van der Waals surface area contributed by atoms with Crippen molar-refractivity contribution < 1.29 is 17.6 Å². The van der Waals surface area contributed by atoms with Crippen LogP contribution < -0.4 is 10.6 Å². The molecule has 0 unspecified atom stereocenters. The number of hydrogen-bond donors (Lipinski definition) is 2. The number of nitrogens with one attached hydrogen (secondary N) is 2. The van der Waals surface area contributed by atoms with Crippen molar-refractivity contribution in [3.63, 3.8) is 0 Å². The predicted molar refractivity (Wildman–Crippen MR) is 49.9 cm³/mol. The molecule has 1 heterocycles. The van der Waals surface area contributed by atoms with Crippen molar-refractivity contribution in [2.75, 3.05) is 19.6 Å². The van der Waals surface area contributed by atoms with Crippen molar-refractivity contribution in [3.8, 4) is 0 Å². The highest BCUT2D eigenvalue weighted by atomic mass is 19.2. The van der Waals surface area contributed by atoms with Gasteiger partial charge in [0.15, 0.2) is 23.3 Å². The maximum atomic E-state index is 13.4.